The van der Waals surface area contributed by atoms with Crippen molar-refractivity contribution in [3.63, 3.8) is 0 Å². The summed E-state index contributed by atoms with van der Waals surface area (Å²) < 4.78 is 5.34. The zero-order chi connectivity index (χ0) is 19.1. The van der Waals surface area contributed by atoms with E-state index in [1.165, 1.54) is 39.0 Å². The van der Waals surface area contributed by atoms with Crippen LogP contribution in [-0.2, 0) is 14.3 Å². The van der Waals surface area contributed by atoms with Crippen LogP contribution >= 0.6 is 0 Å². The van der Waals surface area contributed by atoms with Gasteiger partial charge in [0.05, 0.1) is 13.0 Å². The van der Waals surface area contributed by atoms with Crippen molar-refractivity contribution in [2.45, 2.75) is 44.6 Å². The molecule has 0 aromatic heterocycles. The molecule has 0 N–H and O–H groups in total. The van der Waals surface area contributed by atoms with E-state index < -0.39 is 0 Å². The van der Waals surface area contributed by atoms with Crippen molar-refractivity contribution in [2.75, 3.05) is 72.6 Å². The summed E-state index contributed by atoms with van der Waals surface area (Å²) in [6.07, 6.45) is 5.27. The zero-order valence-corrected chi connectivity index (χ0v) is 16.9. The Balaban J connectivity index is 1.22. The molecule has 3 aliphatic heterocycles. The van der Waals surface area contributed by atoms with Crippen molar-refractivity contribution in [2.24, 2.45) is 0 Å². The van der Waals surface area contributed by atoms with Crippen molar-refractivity contribution in [3.05, 3.63) is 0 Å². The number of amides is 1. The van der Waals surface area contributed by atoms with Gasteiger partial charge in [-0.1, -0.05) is 0 Å². The SMILES string of the molecule is CN1CCN(C2CCN(CCC(=O)OCCCN3CCCC3=O)CC2)CC1. The third kappa shape index (κ3) is 6.43. The fraction of sp³-hybridized carbons (Fsp3) is 0.900. The van der Waals surface area contributed by atoms with Crippen LogP contribution < -0.4 is 0 Å². The summed E-state index contributed by atoms with van der Waals surface area (Å²) in [5, 5.41) is 0. The van der Waals surface area contributed by atoms with Gasteiger partial charge < -0.3 is 19.4 Å². The van der Waals surface area contributed by atoms with E-state index in [2.05, 4.69) is 21.7 Å². The lowest BCUT2D eigenvalue weighted by molar-refractivity contribution is -0.144. The highest BCUT2D eigenvalue weighted by Crippen LogP contribution is 2.18. The minimum atomic E-state index is -0.107. The van der Waals surface area contributed by atoms with Gasteiger partial charge in [-0.05, 0) is 45.8 Å². The Labute approximate surface area is 163 Å². The molecule has 0 aromatic rings. The number of esters is 1. The maximum atomic E-state index is 11.9. The highest BCUT2D eigenvalue weighted by Gasteiger charge is 2.26. The van der Waals surface area contributed by atoms with Gasteiger partial charge >= 0.3 is 5.97 Å². The first-order valence-corrected chi connectivity index (χ1v) is 10.7. The van der Waals surface area contributed by atoms with Crippen LogP contribution in [0, 0.1) is 0 Å². The molecule has 3 aliphatic rings. The Morgan fingerprint density at radius 1 is 1.04 bits per heavy atom. The predicted molar refractivity (Wildman–Crippen MR) is 105 cm³/mol. The van der Waals surface area contributed by atoms with Gasteiger partial charge in [-0.2, -0.15) is 0 Å². The lowest BCUT2D eigenvalue weighted by atomic mass is 10.0. The average molecular weight is 381 g/mol. The Hall–Kier alpha value is -1.18. The van der Waals surface area contributed by atoms with Crippen molar-refractivity contribution < 1.29 is 14.3 Å². The highest BCUT2D eigenvalue weighted by atomic mass is 16.5. The summed E-state index contributed by atoms with van der Waals surface area (Å²) in [7, 11) is 2.20. The maximum absolute atomic E-state index is 11.9. The van der Waals surface area contributed by atoms with Gasteiger partial charge in [0, 0.05) is 58.3 Å². The first-order valence-electron chi connectivity index (χ1n) is 10.7. The van der Waals surface area contributed by atoms with Crippen LogP contribution in [0.15, 0.2) is 0 Å². The van der Waals surface area contributed by atoms with Crippen LogP contribution in [0.2, 0.25) is 0 Å². The summed E-state index contributed by atoms with van der Waals surface area (Å²) in [5.74, 6) is 0.130. The second kappa shape index (κ2) is 10.4. The van der Waals surface area contributed by atoms with Crippen LogP contribution in [0.3, 0.4) is 0 Å². The highest BCUT2D eigenvalue weighted by molar-refractivity contribution is 5.78. The Morgan fingerprint density at radius 2 is 1.78 bits per heavy atom. The number of likely N-dealkylation sites (tertiary alicyclic amines) is 2. The van der Waals surface area contributed by atoms with Crippen molar-refractivity contribution in [1.29, 1.82) is 0 Å². The van der Waals surface area contributed by atoms with Gasteiger partial charge in [0.2, 0.25) is 5.91 Å². The predicted octanol–water partition coefficient (Wildman–Crippen LogP) is 0.644. The van der Waals surface area contributed by atoms with E-state index in [1.807, 2.05) is 4.90 Å². The number of hydrogen-bond donors (Lipinski definition) is 0. The van der Waals surface area contributed by atoms with Crippen LogP contribution in [-0.4, -0.2) is 110 Å². The van der Waals surface area contributed by atoms with Crippen LogP contribution in [0.4, 0.5) is 0 Å². The minimum absolute atomic E-state index is 0.107. The van der Waals surface area contributed by atoms with Crippen LogP contribution in [0.5, 0.6) is 0 Å². The molecule has 0 atom stereocenters. The number of hydrogen-bond acceptors (Lipinski definition) is 6. The molecule has 154 valence electrons. The second-order valence-corrected chi connectivity index (χ2v) is 8.22. The average Bonchev–Trinajstić information content (AvgIpc) is 3.09. The largest absolute Gasteiger partial charge is 0.466 e. The van der Waals surface area contributed by atoms with E-state index in [4.69, 9.17) is 4.74 Å². The third-order valence-electron chi connectivity index (χ3n) is 6.25. The molecule has 3 rings (SSSR count). The number of rotatable bonds is 8. The Morgan fingerprint density at radius 3 is 2.44 bits per heavy atom. The normalized spacial score (nSPS) is 23.9. The fourth-order valence-electron chi connectivity index (χ4n) is 4.40. The van der Waals surface area contributed by atoms with E-state index in [9.17, 15) is 9.59 Å². The molecule has 0 bridgehead atoms. The summed E-state index contributed by atoms with van der Waals surface area (Å²) in [5.41, 5.74) is 0. The zero-order valence-electron chi connectivity index (χ0n) is 16.9. The van der Waals surface area contributed by atoms with Crippen molar-refractivity contribution >= 4 is 11.9 Å². The topological polar surface area (TPSA) is 56.3 Å². The molecule has 7 heteroatoms. The summed E-state index contributed by atoms with van der Waals surface area (Å²) in [4.78, 5) is 32.8. The molecule has 0 aliphatic carbocycles. The van der Waals surface area contributed by atoms with Gasteiger partial charge in [0.1, 0.15) is 0 Å². The summed E-state index contributed by atoms with van der Waals surface area (Å²) in [6.45, 7) is 9.71. The van der Waals surface area contributed by atoms with Gasteiger partial charge in [0.25, 0.3) is 0 Å². The molecule has 0 radical (unpaired) electrons. The first kappa shape index (κ1) is 20.6. The molecule has 0 saturated carbocycles. The Kier molecular flexibility index (Phi) is 7.91. The molecule has 27 heavy (non-hydrogen) atoms. The van der Waals surface area contributed by atoms with Gasteiger partial charge in [-0.25, -0.2) is 0 Å². The standard InChI is InChI=1S/C20H36N4O3/c1-21-13-15-23(16-14-21)18-5-10-22(11-6-18)12-7-20(26)27-17-3-9-24-8-2-4-19(24)25/h18H,2-17H2,1H3. The lowest BCUT2D eigenvalue weighted by Crippen LogP contribution is -2.52. The van der Waals surface area contributed by atoms with E-state index >= 15 is 0 Å². The van der Waals surface area contributed by atoms with Gasteiger partial charge in [-0.15, -0.1) is 0 Å². The number of carbonyl (C=O) groups excluding carboxylic acids is 2. The van der Waals surface area contributed by atoms with Crippen molar-refractivity contribution in [1.82, 2.24) is 19.6 Å². The molecular weight excluding hydrogens is 344 g/mol. The molecule has 0 aromatic carbocycles. The fourth-order valence-corrected chi connectivity index (χ4v) is 4.40. The molecular formula is C20H36N4O3. The number of ether oxygens (including phenoxy) is 1. The molecule has 3 saturated heterocycles. The second-order valence-electron chi connectivity index (χ2n) is 8.22. The minimum Gasteiger partial charge on any atom is -0.466 e. The summed E-state index contributed by atoms with van der Waals surface area (Å²) >= 11 is 0. The third-order valence-corrected chi connectivity index (χ3v) is 6.25. The van der Waals surface area contributed by atoms with E-state index in [0.29, 0.717) is 26.0 Å². The van der Waals surface area contributed by atoms with Gasteiger partial charge in [0.15, 0.2) is 0 Å². The maximum Gasteiger partial charge on any atom is 0.307 e. The van der Waals surface area contributed by atoms with Crippen molar-refractivity contribution in [3.8, 4) is 0 Å². The van der Waals surface area contributed by atoms with Crippen LogP contribution in [0.1, 0.15) is 38.5 Å². The molecule has 0 unspecified atom stereocenters. The molecule has 3 heterocycles. The monoisotopic (exact) mass is 380 g/mol. The number of nitrogens with zero attached hydrogens (tertiary/aromatic N) is 4. The first-order chi connectivity index (χ1) is 13.1. The molecule has 1 amide bonds. The number of piperidine rings is 1. The molecule has 0 spiro atoms. The quantitative estimate of drug-likeness (QED) is 0.455. The van der Waals surface area contributed by atoms with E-state index in [1.54, 1.807) is 0 Å². The lowest BCUT2D eigenvalue weighted by Gasteiger charge is -2.42. The molecule has 3 fully saturated rings. The van der Waals surface area contributed by atoms with Crippen LogP contribution in [0.25, 0.3) is 0 Å². The number of likely N-dealkylation sites (N-methyl/N-ethyl adjacent to an activating group) is 1. The van der Waals surface area contributed by atoms with Gasteiger partial charge in [-0.3, -0.25) is 14.5 Å². The molecule has 7 nitrogen and oxygen atoms in total. The number of piperazine rings is 1. The summed E-state index contributed by atoms with van der Waals surface area (Å²) in [6, 6.07) is 0.718. The van der Waals surface area contributed by atoms with E-state index in [0.717, 1.165) is 45.1 Å². The van der Waals surface area contributed by atoms with E-state index in [-0.39, 0.29) is 11.9 Å². The Bertz CT molecular complexity index is 486. The smallest absolute Gasteiger partial charge is 0.307 e. The number of carbonyl (C=O) groups is 2.